The van der Waals surface area contributed by atoms with Crippen LogP contribution in [-0.4, -0.2) is 24.0 Å². The van der Waals surface area contributed by atoms with Crippen molar-refractivity contribution in [2.24, 2.45) is 0 Å². The number of hydrogen-bond donors (Lipinski definition) is 1. The number of aryl methyl sites for hydroxylation is 2. The summed E-state index contributed by atoms with van der Waals surface area (Å²) in [6, 6.07) is 14.1. The van der Waals surface area contributed by atoms with E-state index in [1.807, 2.05) is 67.7 Å². The lowest BCUT2D eigenvalue weighted by molar-refractivity contribution is -0.118. The first kappa shape index (κ1) is 18.2. The average Bonchev–Trinajstić information content (AvgIpc) is 2.64. The molecule has 0 bridgehead atoms. The molecule has 0 spiro atoms. The van der Waals surface area contributed by atoms with Crippen LogP contribution in [0.1, 0.15) is 27.7 Å². The molecule has 25 heavy (non-hydrogen) atoms. The normalized spacial score (nSPS) is 15.0. The third-order valence-electron chi connectivity index (χ3n) is 4.02. The fourth-order valence-corrected chi connectivity index (χ4v) is 5.50. The predicted octanol–water partition coefficient (Wildman–Crippen LogP) is 5.19. The largest absolute Gasteiger partial charge is 0.484 e. The Kier molecular flexibility index (Phi) is 6.32. The molecule has 0 aliphatic carbocycles. The number of rotatable bonds is 5. The van der Waals surface area contributed by atoms with Crippen LogP contribution in [0.3, 0.4) is 0 Å². The molecule has 1 aliphatic rings. The Morgan fingerprint density at radius 1 is 1.12 bits per heavy atom. The number of benzene rings is 2. The molecule has 1 heterocycles. The molecule has 1 amide bonds. The van der Waals surface area contributed by atoms with Crippen LogP contribution in [-0.2, 0) is 4.79 Å². The zero-order valence-corrected chi connectivity index (χ0v) is 16.2. The Balaban J connectivity index is 1.52. The van der Waals surface area contributed by atoms with Crippen LogP contribution < -0.4 is 10.1 Å². The van der Waals surface area contributed by atoms with Gasteiger partial charge >= 0.3 is 0 Å². The Hall–Kier alpha value is -1.59. The van der Waals surface area contributed by atoms with Crippen molar-refractivity contribution in [3.63, 3.8) is 0 Å². The third-order valence-corrected chi connectivity index (χ3v) is 7.03. The molecule has 1 fully saturated rings. The topological polar surface area (TPSA) is 38.3 Å². The number of nitrogens with one attached hydrogen (secondary N) is 1. The summed E-state index contributed by atoms with van der Waals surface area (Å²) >= 11 is 4.00. The van der Waals surface area contributed by atoms with Gasteiger partial charge in [0.15, 0.2) is 6.61 Å². The van der Waals surface area contributed by atoms with E-state index in [1.165, 1.54) is 23.5 Å². The molecule has 0 saturated carbocycles. The lowest BCUT2D eigenvalue weighted by atomic mass is 10.1. The standard InChI is InChI=1S/C20H23NO2S2/c1-14-4-5-15(2)18(12-14)21-19(22)13-23-17-8-6-16(7-9-17)20-24-10-3-11-25-20/h4-9,12,20H,3,10-11,13H2,1-2H3,(H,21,22). The predicted molar refractivity (Wildman–Crippen MR) is 109 cm³/mol. The quantitative estimate of drug-likeness (QED) is 0.783. The van der Waals surface area contributed by atoms with Gasteiger partial charge < -0.3 is 10.1 Å². The van der Waals surface area contributed by atoms with Crippen molar-refractivity contribution in [2.75, 3.05) is 23.4 Å². The summed E-state index contributed by atoms with van der Waals surface area (Å²) in [5, 5.41) is 2.91. The number of thioether (sulfide) groups is 2. The van der Waals surface area contributed by atoms with Gasteiger partial charge in [-0.2, -0.15) is 0 Å². The monoisotopic (exact) mass is 373 g/mol. The Labute approximate surface area is 157 Å². The zero-order valence-electron chi connectivity index (χ0n) is 14.6. The lowest BCUT2D eigenvalue weighted by Crippen LogP contribution is -2.20. The number of carbonyl (C=O) groups excluding carboxylic acids is 1. The summed E-state index contributed by atoms with van der Waals surface area (Å²) in [4.78, 5) is 12.1. The number of ether oxygens (including phenoxy) is 1. The van der Waals surface area contributed by atoms with Crippen molar-refractivity contribution in [3.8, 4) is 5.75 Å². The summed E-state index contributed by atoms with van der Waals surface area (Å²) in [7, 11) is 0. The minimum atomic E-state index is -0.142. The molecular formula is C20H23NO2S2. The van der Waals surface area contributed by atoms with Crippen LogP contribution in [0, 0.1) is 13.8 Å². The van der Waals surface area contributed by atoms with E-state index in [-0.39, 0.29) is 12.5 Å². The maximum Gasteiger partial charge on any atom is 0.262 e. The minimum absolute atomic E-state index is 0.0135. The zero-order chi connectivity index (χ0) is 17.6. The van der Waals surface area contributed by atoms with Gasteiger partial charge in [0.05, 0.1) is 4.58 Å². The summed E-state index contributed by atoms with van der Waals surface area (Å²) in [6.45, 7) is 4.01. The van der Waals surface area contributed by atoms with Gasteiger partial charge in [-0.25, -0.2) is 0 Å². The highest BCUT2D eigenvalue weighted by Gasteiger charge is 2.16. The molecule has 2 aromatic rings. The number of anilines is 1. The highest BCUT2D eigenvalue weighted by Crippen LogP contribution is 2.43. The second kappa shape index (κ2) is 8.68. The minimum Gasteiger partial charge on any atom is -0.484 e. The van der Waals surface area contributed by atoms with Crippen LogP contribution in [0.15, 0.2) is 42.5 Å². The van der Waals surface area contributed by atoms with Crippen LogP contribution >= 0.6 is 23.5 Å². The number of hydrogen-bond acceptors (Lipinski definition) is 4. The van der Waals surface area contributed by atoms with Crippen molar-refractivity contribution >= 4 is 35.1 Å². The molecule has 1 saturated heterocycles. The van der Waals surface area contributed by atoms with Crippen LogP contribution in [0.5, 0.6) is 5.75 Å². The van der Waals surface area contributed by atoms with Crippen molar-refractivity contribution in [2.45, 2.75) is 24.9 Å². The average molecular weight is 374 g/mol. The van der Waals surface area contributed by atoms with Crippen molar-refractivity contribution in [3.05, 3.63) is 59.2 Å². The Bertz CT molecular complexity index is 725. The summed E-state index contributed by atoms with van der Waals surface area (Å²) in [6.07, 6.45) is 1.29. The van der Waals surface area contributed by atoms with Gasteiger partial charge in [0.25, 0.3) is 5.91 Å². The van der Waals surface area contributed by atoms with Gasteiger partial charge in [0.1, 0.15) is 5.75 Å². The highest BCUT2D eigenvalue weighted by molar-refractivity contribution is 8.16. The molecular weight excluding hydrogens is 350 g/mol. The lowest BCUT2D eigenvalue weighted by Gasteiger charge is -2.21. The van der Waals surface area contributed by atoms with E-state index in [1.54, 1.807) is 0 Å². The van der Waals surface area contributed by atoms with Crippen molar-refractivity contribution in [1.82, 2.24) is 0 Å². The van der Waals surface area contributed by atoms with Gasteiger partial charge in [-0.15, -0.1) is 23.5 Å². The SMILES string of the molecule is Cc1ccc(C)c(NC(=O)COc2ccc(C3SCCCS3)cc2)c1. The molecule has 0 atom stereocenters. The molecule has 1 N–H and O–H groups in total. The van der Waals surface area contributed by atoms with Gasteiger partial charge in [0, 0.05) is 5.69 Å². The van der Waals surface area contributed by atoms with E-state index < -0.39 is 0 Å². The summed E-state index contributed by atoms with van der Waals surface area (Å²) in [5.41, 5.74) is 4.33. The molecule has 3 nitrogen and oxygen atoms in total. The van der Waals surface area contributed by atoms with Gasteiger partial charge in [-0.05, 0) is 66.7 Å². The summed E-state index contributed by atoms with van der Waals surface area (Å²) in [5.74, 6) is 3.05. The molecule has 5 heteroatoms. The molecule has 0 radical (unpaired) electrons. The molecule has 0 unspecified atom stereocenters. The van der Waals surface area contributed by atoms with Crippen molar-refractivity contribution in [1.29, 1.82) is 0 Å². The maximum absolute atomic E-state index is 12.1. The fourth-order valence-electron chi connectivity index (χ4n) is 2.61. The first-order chi connectivity index (χ1) is 12.1. The van der Waals surface area contributed by atoms with E-state index >= 15 is 0 Å². The first-order valence-corrected chi connectivity index (χ1v) is 10.5. The smallest absolute Gasteiger partial charge is 0.262 e. The first-order valence-electron chi connectivity index (χ1n) is 8.45. The second-order valence-electron chi connectivity index (χ2n) is 6.15. The highest BCUT2D eigenvalue weighted by atomic mass is 32.2. The molecule has 0 aromatic heterocycles. The van der Waals surface area contributed by atoms with Crippen molar-refractivity contribution < 1.29 is 9.53 Å². The molecule has 132 valence electrons. The third kappa shape index (κ3) is 5.19. The molecule has 2 aromatic carbocycles. The Morgan fingerprint density at radius 3 is 2.56 bits per heavy atom. The van der Waals surface area contributed by atoms with Crippen LogP contribution in [0.4, 0.5) is 5.69 Å². The van der Waals surface area contributed by atoms with E-state index in [4.69, 9.17) is 4.74 Å². The van der Waals surface area contributed by atoms with Crippen LogP contribution in [0.25, 0.3) is 0 Å². The van der Waals surface area contributed by atoms with E-state index in [0.717, 1.165) is 22.6 Å². The van der Waals surface area contributed by atoms with Gasteiger partial charge in [-0.3, -0.25) is 4.79 Å². The fraction of sp³-hybridized carbons (Fsp3) is 0.350. The molecule has 3 rings (SSSR count). The molecule has 1 aliphatic heterocycles. The number of amides is 1. The number of carbonyl (C=O) groups is 1. The van der Waals surface area contributed by atoms with Gasteiger partial charge in [-0.1, -0.05) is 24.3 Å². The second-order valence-corrected chi connectivity index (χ2v) is 8.88. The van der Waals surface area contributed by atoms with E-state index in [2.05, 4.69) is 17.4 Å². The maximum atomic E-state index is 12.1. The van der Waals surface area contributed by atoms with E-state index in [9.17, 15) is 4.79 Å². The summed E-state index contributed by atoms with van der Waals surface area (Å²) < 4.78 is 6.15. The van der Waals surface area contributed by atoms with E-state index in [0.29, 0.717) is 4.58 Å². The van der Waals surface area contributed by atoms with Gasteiger partial charge in [0.2, 0.25) is 0 Å². The van der Waals surface area contributed by atoms with Crippen LogP contribution in [0.2, 0.25) is 0 Å². The Morgan fingerprint density at radius 2 is 1.84 bits per heavy atom.